The van der Waals surface area contributed by atoms with Gasteiger partial charge in [-0.2, -0.15) is 4.39 Å². The van der Waals surface area contributed by atoms with Crippen LogP contribution in [0.15, 0.2) is 30.3 Å². The highest BCUT2D eigenvalue weighted by Crippen LogP contribution is 2.17. The minimum atomic E-state index is -1.07. The molecule has 0 aliphatic heterocycles. The second-order valence-corrected chi connectivity index (χ2v) is 3.65. The Labute approximate surface area is 106 Å². The van der Waals surface area contributed by atoms with Crippen LogP contribution in [-0.4, -0.2) is 10.9 Å². The summed E-state index contributed by atoms with van der Waals surface area (Å²) in [5.74, 6) is -3.81. The Kier molecular flexibility index (Phi) is 3.37. The number of amides is 1. The molecule has 0 aliphatic rings. The third kappa shape index (κ3) is 2.82. The van der Waals surface area contributed by atoms with Gasteiger partial charge in [-0.15, -0.1) is 0 Å². The molecular formula is C12H8F3N3O. The fraction of sp³-hybridized carbons (Fsp3) is 0. The molecule has 0 saturated carbocycles. The molecule has 98 valence electrons. The van der Waals surface area contributed by atoms with Gasteiger partial charge in [-0.3, -0.25) is 4.79 Å². The first kappa shape index (κ1) is 12.9. The van der Waals surface area contributed by atoms with Gasteiger partial charge in [-0.25, -0.2) is 13.8 Å². The maximum Gasteiger partial charge on any atom is 0.259 e. The number of benzene rings is 1. The smallest absolute Gasteiger partial charge is 0.259 e. The summed E-state index contributed by atoms with van der Waals surface area (Å²) in [6, 6.07) is 5.10. The van der Waals surface area contributed by atoms with Crippen molar-refractivity contribution >= 4 is 17.4 Å². The van der Waals surface area contributed by atoms with Gasteiger partial charge in [0.1, 0.15) is 17.5 Å². The number of carbonyl (C=O) groups excluding carboxylic acids is 1. The van der Waals surface area contributed by atoms with E-state index in [0.29, 0.717) is 6.07 Å². The summed E-state index contributed by atoms with van der Waals surface area (Å²) in [6.07, 6.45) is 0. The number of nitrogen functional groups attached to an aromatic ring is 1. The average Bonchev–Trinajstić information content (AvgIpc) is 2.33. The molecule has 3 N–H and O–H groups in total. The number of halogens is 3. The molecule has 7 heteroatoms. The first-order chi connectivity index (χ1) is 8.97. The SMILES string of the molecule is Nc1cc(C(=O)Nc2cccc(F)n2)c(F)cc1F. The van der Waals surface area contributed by atoms with Crippen LogP contribution < -0.4 is 11.1 Å². The molecule has 1 aromatic carbocycles. The zero-order chi connectivity index (χ0) is 14.0. The van der Waals surface area contributed by atoms with E-state index in [-0.39, 0.29) is 11.5 Å². The number of hydrogen-bond acceptors (Lipinski definition) is 3. The van der Waals surface area contributed by atoms with Crippen molar-refractivity contribution in [2.45, 2.75) is 0 Å². The van der Waals surface area contributed by atoms with Gasteiger partial charge in [-0.1, -0.05) is 6.07 Å². The van der Waals surface area contributed by atoms with E-state index in [2.05, 4.69) is 10.3 Å². The van der Waals surface area contributed by atoms with Crippen molar-refractivity contribution in [3.05, 3.63) is 53.5 Å². The number of anilines is 2. The summed E-state index contributed by atoms with van der Waals surface area (Å²) in [5.41, 5.74) is 4.43. The fourth-order valence-electron chi connectivity index (χ4n) is 1.40. The fourth-order valence-corrected chi connectivity index (χ4v) is 1.40. The molecule has 4 nitrogen and oxygen atoms in total. The van der Waals surface area contributed by atoms with Crippen LogP contribution in [0.1, 0.15) is 10.4 Å². The lowest BCUT2D eigenvalue weighted by Gasteiger charge is -2.06. The summed E-state index contributed by atoms with van der Waals surface area (Å²) in [7, 11) is 0. The van der Waals surface area contributed by atoms with Gasteiger partial charge < -0.3 is 11.1 Å². The minimum absolute atomic E-state index is 0.0905. The van der Waals surface area contributed by atoms with E-state index in [1.165, 1.54) is 12.1 Å². The number of aromatic nitrogens is 1. The third-order valence-electron chi connectivity index (χ3n) is 2.29. The first-order valence-electron chi connectivity index (χ1n) is 5.16. The van der Waals surface area contributed by atoms with E-state index in [1.807, 2.05) is 0 Å². The highest BCUT2D eigenvalue weighted by molar-refractivity contribution is 6.04. The van der Waals surface area contributed by atoms with Crippen LogP contribution in [-0.2, 0) is 0 Å². The van der Waals surface area contributed by atoms with Gasteiger partial charge in [-0.05, 0) is 18.2 Å². The van der Waals surface area contributed by atoms with E-state index in [4.69, 9.17) is 5.73 Å². The Morgan fingerprint density at radius 2 is 1.89 bits per heavy atom. The quantitative estimate of drug-likeness (QED) is 0.648. The molecule has 1 amide bonds. The molecule has 2 rings (SSSR count). The molecule has 0 unspecified atom stereocenters. The normalized spacial score (nSPS) is 10.3. The molecule has 1 aromatic heterocycles. The van der Waals surface area contributed by atoms with Gasteiger partial charge in [0.05, 0.1) is 11.3 Å². The summed E-state index contributed by atoms with van der Waals surface area (Å²) < 4.78 is 39.2. The van der Waals surface area contributed by atoms with E-state index in [0.717, 1.165) is 12.1 Å². The third-order valence-corrected chi connectivity index (χ3v) is 2.29. The van der Waals surface area contributed by atoms with Crippen molar-refractivity contribution in [3.63, 3.8) is 0 Å². The lowest BCUT2D eigenvalue weighted by Crippen LogP contribution is -2.15. The Morgan fingerprint density at radius 3 is 2.58 bits per heavy atom. The van der Waals surface area contributed by atoms with Crippen LogP contribution >= 0.6 is 0 Å². The second-order valence-electron chi connectivity index (χ2n) is 3.65. The Hall–Kier alpha value is -2.57. The molecule has 0 fully saturated rings. The Balaban J connectivity index is 2.28. The predicted octanol–water partition coefficient (Wildman–Crippen LogP) is 2.33. The summed E-state index contributed by atoms with van der Waals surface area (Å²) in [6.45, 7) is 0. The number of rotatable bonds is 2. The van der Waals surface area contributed by atoms with Crippen molar-refractivity contribution in [3.8, 4) is 0 Å². The van der Waals surface area contributed by atoms with E-state index < -0.39 is 29.1 Å². The molecule has 0 bridgehead atoms. The highest BCUT2D eigenvalue weighted by Gasteiger charge is 2.15. The van der Waals surface area contributed by atoms with Crippen LogP contribution in [0.3, 0.4) is 0 Å². The lowest BCUT2D eigenvalue weighted by molar-refractivity contribution is 0.102. The summed E-state index contributed by atoms with van der Waals surface area (Å²) >= 11 is 0. The van der Waals surface area contributed by atoms with Crippen molar-refractivity contribution in [1.82, 2.24) is 4.98 Å². The van der Waals surface area contributed by atoms with E-state index >= 15 is 0 Å². The molecular weight excluding hydrogens is 259 g/mol. The molecule has 2 aromatic rings. The molecule has 19 heavy (non-hydrogen) atoms. The van der Waals surface area contributed by atoms with Crippen molar-refractivity contribution < 1.29 is 18.0 Å². The number of nitrogens with one attached hydrogen (secondary N) is 1. The number of carbonyl (C=O) groups is 1. The van der Waals surface area contributed by atoms with E-state index in [9.17, 15) is 18.0 Å². The number of pyridine rings is 1. The van der Waals surface area contributed by atoms with Crippen LogP contribution in [0.25, 0.3) is 0 Å². The van der Waals surface area contributed by atoms with Crippen molar-refractivity contribution in [2.75, 3.05) is 11.1 Å². The second kappa shape index (κ2) is 4.97. The van der Waals surface area contributed by atoms with Crippen LogP contribution in [0, 0.1) is 17.6 Å². The molecule has 0 aliphatic carbocycles. The van der Waals surface area contributed by atoms with Gasteiger partial charge in [0.15, 0.2) is 0 Å². The number of hydrogen-bond donors (Lipinski definition) is 2. The van der Waals surface area contributed by atoms with Gasteiger partial charge in [0.2, 0.25) is 5.95 Å². The average molecular weight is 267 g/mol. The molecule has 0 atom stereocenters. The minimum Gasteiger partial charge on any atom is -0.396 e. The molecule has 0 saturated heterocycles. The standard InChI is InChI=1S/C12H8F3N3O/c13-7-5-8(14)9(16)4-6(7)12(19)18-11-3-1-2-10(15)17-11/h1-5H,16H2,(H,17,18,19). The maximum absolute atomic E-state index is 13.4. The molecule has 0 radical (unpaired) electrons. The number of nitrogens with two attached hydrogens (primary N) is 1. The molecule has 0 spiro atoms. The van der Waals surface area contributed by atoms with Gasteiger partial charge >= 0.3 is 0 Å². The number of nitrogens with zero attached hydrogens (tertiary/aromatic N) is 1. The monoisotopic (exact) mass is 267 g/mol. The summed E-state index contributed by atoms with van der Waals surface area (Å²) in [5, 5.41) is 2.18. The van der Waals surface area contributed by atoms with Gasteiger partial charge in [0.25, 0.3) is 5.91 Å². The zero-order valence-electron chi connectivity index (χ0n) is 9.45. The van der Waals surface area contributed by atoms with Crippen molar-refractivity contribution in [2.24, 2.45) is 0 Å². The largest absolute Gasteiger partial charge is 0.396 e. The van der Waals surface area contributed by atoms with Crippen molar-refractivity contribution in [1.29, 1.82) is 0 Å². The summed E-state index contributed by atoms with van der Waals surface area (Å²) in [4.78, 5) is 15.1. The topological polar surface area (TPSA) is 68.0 Å². The highest BCUT2D eigenvalue weighted by atomic mass is 19.1. The maximum atomic E-state index is 13.4. The Bertz CT molecular complexity index is 646. The molecule has 1 heterocycles. The first-order valence-corrected chi connectivity index (χ1v) is 5.16. The van der Waals surface area contributed by atoms with E-state index in [1.54, 1.807) is 0 Å². The predicted molar refractivity (Wildman–Crippen MR) is 62.9 cm³/mol. The van der Waals surface area contributed by atoms with Crippen LogP contribution in [0.2, 0.25) is 0 Å². The van der Waals surface area contributed by atoms with Crippen LogP contribution in [0.4, 0.5) is 24.7 Å². The van der Waals surface area contributed by atoms with Gasteiger partial charge in [0, 0.05) is 6.07 Å². The lowest BCUT2D eigenvalue weighted by atomic mass is 10.1. The zero-order valence-corrected chi connectivity index (χ0v) is 9.45. The van der Waals surface area contributed by atoms with Crippen LogP contribution in [0.5, 0.6) is 0 Å². The Morgan fingerprint density at radius 1 is 1.16 bits per heavy atom.